The summed E-state index contributed by atoms with van der Waals surface area (Å²) in [6, 6.07) is 3.86. The van der Waals surface area contributed by atoms with Crippen LogP contribution in [0.2, 0.25) is 0 Å². The van der Waals surface area contributed by atoms with Crippen LogP contribution in [0.25, 0.3) is 16.9 Å². The van der Waals surface area contributed by atoms with Gasteiger partial charge in [0.2, 0.25) is 0 Å². The van der Waals surface area contributed by atoms with E-state index in [2.05, 4.69) is 10.1 Å². The summed E-state index contributed by atoms with van der Waals surface area (Å²) in [5.74, 6) is -1.59. The third kappa shape index (κ3) is 3.49. The maximum atomic E-state index is 14.0. The lowest BCUT2D eigenvalue weighted by Gasteiger charge is -2.16. The quantitative estimate of drug-likeness (QED) is 0.685. The van der Waals surface area contributed by atoms with Crippen LogP contribution in [0, 0.1) is 12.7 Å². The molecule has 0 aliphatic rings. The molecule has 0 aliphatic carbocycles. The molecule has 1 unspecified atom stereocenters. The average molecular weight is 396 g/mol. The number of aryl methyl sites for hydroxylation is 1. The van der Waals surface area contributed by atoms with E-state index in [1.54, 1.807) is 19.1 Å². The first-order valence-corrected chi connectivity index (χ1v) is 8.19. The van der Waals surface area contributed by atoms with Crippen LogP contribution in [0.4, 0.5) is 17.6 Å². The Morgan fingerprint density at radius 1 is 1.32 bits per heavy atom. The first kappa shape index (κ1) is 19.6. The molecule has 6 nitrogen and oxygen atoms in total. The summed E-state index contributed by atoms with van der Waals surface area (Å²) in [6.07, 6.45) is -3.44. The molecule has 0 fully saturated rings. The number of halogens is 4. The average Bonchev–Trinajstić information content (AvgIpc) is 3.05. The van der Waals surface area contributed by atoms with E-state index in [4.69, 9.17) is 4.74 Å². The molecule has 0 spiro atoms. The van der Waals surface area contributed by atoms with E-state index in [-0.39, 0.29) is 17.0 Å². The van der Waals surface area contributed by atoms with Crippen molar-refractivity contribution in [3.63, 3.8) is 0 Å². The molecule has 0 aliphatic heterocycles. The smallest absolute Gasteiger partial charge is 0.408 e. The molecule has 148 valence electrons. The van der Waals surface area contributed by atoms with Crippen molar-refractivity contribution in [2.75, 3.05) is 7.11 Å². The van der Waals surface area contributed by atoms with Gasteiger partial charge in [0.25, 0.3) is 5.91 Å². The Labute approximate surface area is 157 Å². The molecule has 28 heavy (non-hydrogen) atoms. The zero-order valence-corrected chi connectivity index (χ0v) is 15.1. The third-order valence-corrected chi connectivity index (χ3v) is 4.18. The Hall–Kier alpha value is -3.17. The Morgan fingerprint density at radius 2 is 2.04 bits per heavy atom. The van der Waals surface area contributed by atoms with E-state index in [9.17, 15) is 22.4 Å². The van der Waals surface area contributed by atoms with Crippen LogP contribution in [0.1, 0.15) is 23.0 Å². The minimum Gasteiger partial charge on any atom is -0.493 e. The minimum absolute atomic E-state index is 0.0324. The molecule has 0 saturated carbocycles. The Bertz CT molecular complexity index is 1050. The van der Waals surface area contributed by atoms with Crippen LogP contribution in [0.5, 0.6) is 5.75 Å². The van der Waals surface area contributed by atoms with Crippen LogP contribution in [-0.4, -0.2) is 39.8 Å². The molecule has 1 N–H and O–H groups in total. The number of hydrogen-bond donors (Lipinski definition) is 1. The van der Waals surface area contributed by atoms with Crippen LogP contribution in [0.15, 0.2) is 30.5 Å². The predicted octanol–water partition coefficient (Wildman–Crippen LogP) is 3.53. The molecule has 1 atom stereocenters. The molecule has 3 aromatic rings. The second-order valence-electron chi connectivity index (χ2n) is 6.13. The fraction of sp³-hybridized carbons (Fsp3) is 0.278. The largest absolute Gasteiger partial charge is 0.493 e. The summed E-state index contributed by atoms with van der Waals surface area (Å²) in [7, 11) is 1.31. The Morgan fingerprint density at radius 3 is 2.68 bits per heavy atom. The summed E-state index contributed by atoms with van der Waals surface area (Å²) in [5, 5.41) is 5.89. The highest BCUT2D eigenvalue weighted by Crippen LogP contribution is 2.32. The van der Waals surface area contributed by atoms with Gasteiger partial charge in [0.15, 0.2) is 17.2 Å². The zero-order valence-electron chi connectivity index (χ0n) is 15.1. The first-order valence-electron chi connectivity index (χ1n) is 8.19. The van der Waals surface area contributed by atoms with Crippen molar-refractivity contribution in [1.82, 2.24) is 19.9 Å². The highest BCUT2D eigenvalue weighted by Gasteiger charge is 2.37. The fourth-order valence-electron chi connectivity index (χ4n) is 2.69. The molecule has 2 heterocycles. The number of aromatic nitrogens is 3. The van der Waals surface area contributed by atoms with Gasteiger partial charge in [0, 0.05) is 11.3 Å². The molecule has 1 aromatic carbocycles. The number of methoxy groups -OCH3 is 1. The van der Waals surface area contributed by atoms with Crippen LogP contribution < -0.4 is 10.1 Å². The number of alkyl halides is 3. The molecular weight excluding hydrogens is 380 g/mol. The summed E-state index contributed by atoms with van der Waals surface area (Å²) >= 11 is 0. The molecule has 0 radical (unpaired) electrons. The van der Waals surface area contributed by atoms with Gasteiger partial charge < -0.3 is 10.1 Å². The zero-order chi connectivity index (χ0) is 20.6. The van der Waals surface area contributed by atoms with Gasteiger partial charge in [-0.05, 0) is 32.0 Å². The van der Waals surface area contributed by atoms with Gasteiger partial charge in [-0.15, -0.1) is 0 Å². The number of hydrogen-bond acceptors (Lipinski definition) is 4. The monoisotopic (exact) mass is 396 g/mol. The Balaban J connectivity index is 2.10. The normalized spacial score (nSPS) is 12.8. The lowest BCUT2D eigenvalue weighted by Crippen LogP contribution is -2.43. The number of carbonyl (C=O) groups is 1. The van der Waals surface area contributed by atoms with Gasteiger partial charge in [0.05, 0.1) is 19.0 Å². The number of nitrogens with zero attached hydrogens (tertiary/aromatic N) is 3. The topological polar surface area (TPSA) is 68.5 Å². The Kier molecular flexibility index (Phi) is 4.97. The molecular formula is C18H16F4N4O2. The maximum Gasteiger partial charge on any atom is 0.408 e. The SMILES string of the molecule is COc1c(F)cccc1-c1cc(C)n2ncc(C(=O)NC(C)C(F)(F)F)c2n1. The van der Waals surface area contributed by atoms with Gasteiger partial charge in [0.1, 0.15) is 11.6 Å². The lowest BCUT2D eigenvalue weighted by molar-refractivity contribution is -0.149. The summed E-state index contributed by atoms with van der Waals surface area (Å²) in [6.45, 7) is 2.52. The van der Waals surface area contributed by atoms with Crippen molar-refractivity contribution < 1.29 is 27.1 Å². The number of ether oxygens (including phenoxy) is 1. The van der Waals surface area contributed by atoms with Gasteiger partial charge in [-0.2, -0.15) is 18.3 Å². The summed E-state index contributed by atoms with van der Waals surface area (Å²) in [4.78, 5) is 16.6. The van der Waals surface area contributed by atoms with Crippen LogP contribution in [-0.2, 0) is 0 Å². The van der Waals surface area contributed by atoms with Crippen molar-refractivity contribution in [1.29, 1.82) is 0 Å². The molecule has 10 heteroatoms. The first-order chi connectivity index (χ1) is 13.1. The van der Waals surface area contributed by atoms with Crippen molar-refractivity contribution in [3.05, 3.63) is 47.5 Å². The van der Waals surface area contributed by atoms with Crippen LogP contribution in [0.3, 0.4) is 0 Å². The molecule has 0 bridgehead atoms. The molecule has 3 rings (SSSR count). The highest BCUT2D eigenvalue weighted by molar-refractivity contribution is 6.00. The second kappa shape index (κ2) is 7.10. The number of carbonyl (C=O) groups excluding carboxylic acids is 1. The number of nitrogens with one attached hydrogen (secondary N) is 1. The van der Waals surface area contributed by atoms with E-state index < -0.39 is 23.9 Å². The highest BCUT2D eigenvalue weighted by atomic mass is 19.4. The standard InChI is InChI=1S/C18H16F4N4O2/c1-9-7-14(11-5-4-6-13(19)15(11)28-3)25-16-12(8-23-26(9)16)17(27)24-10(2)18(20,21)22/h4-8,10H,1-3H3,(H,24,27). The number of fused-ring (bicyclic) bond motifs is 1. The lowest BCUT2D eigenvalue weighted by atomic mass is 10.1. The van der Waals surface area contributed by atoms with E-state index in [0.717, 1.165) is 13.1 Å². The number of benzene rings is 1. The van der Waals surface area contributed by atoms with E-state index in [1.165, 1.54) is 23.8 Å². The van der Waals surface area contributed by atoms with E-state index >= 15 is 0 Å². The van der Waals surface area contributed by atoms with E-state index in [1.807, 2.05) is 5.32 Å². The molecule has 0 saturated heterocycles. The number of para-hydroxylation sites is 1. The number of amides is 1. The molecule has 1 amide bonds. The predicted molar refractivity (Wildman–Crippen MR) is 92.7 cm³/mol. The van der Waals surface area contributed by atoms with Gasteiger partial charge in [-0.1, -0.05) is 6.07 Å². The van der Waals surface area contributed by atoms with Gasteiger partial charge >= 0.3 is 6.18 Å². The van der Waals surface area contributed by atoms with Gasteiger partial charge in [-0.3, -0.25) is 4.79 Å². The second-order valence-corrected chi connectivity index (χ2v) is 6.13. The van der Waals surface area contributed by atoms with Crippen molar-refractivity contribution in [3.8, 4) is 17.0 Å². The third-order valence-electron chi connectivity index (χ3n) is 4.18. The number of rotatable bonds is 4. The van der Waals surface area contributed by atoms with Crippen LogP contribution >= 0.6 is 0 Å². The fourth-order valence-corrected chi connectivity index (χ4v) is 2.69. The molecule has 2 aromatic heterocycles. The minimum atomic E-state index is -4.58. The van der Waals surface area contributed by atoms with E-state index in [0.29, 0.717) is 17.0 Å². The van der Waals surface area contributed by atoms with Gasteiger partial charge in [-0.25, -0.2) is 13.9 Å². The van der Waals surface area contributed by atoms with Crippen molar-refractivity contribution in [2.24, 2.45) is 0 Å². The van der Waals surface area contributed by atoms with Crippen molar-refractivity contribution in [2.45, 2.75) is 26.1 Å². The maximum absolute atomic E-state index is 14.0. The summed E-state index contributed by atoms with van der Waals surface area (Å²) in [5.41, 5.74) is 1.10. The summed E-state index contributed by atoms with van der Waals surface area (Å²) < 4.78 is 58.6. The van der Waals surface area contributed by atoms with Crippen molar-refractivity contribution >= 4 is 11.6 Å².